The van der Waals surface area contributed by atoms with E-state index in [9.17, 15) is 9.59 Å². The summed E-state index contributed by atoms with van der Waals surface area (Å²) in [4.78, 5) is 28.8. The second-order valence-electron chi connectivity index (χ2n) is 9.08. The van der Waals surface area contributed by atoms with Gasteiger partial charge in [-0.3, -0.25) is 9.59 Å². The smallest absolute Gasteiger partial charge is 0.261 e. The number of amides is 2. The van der Waals surface area contributed by atoms with E-state index in [4.69, 9.17) is 16.3 Å². The Morgan fingerprint density at radius 2 is 1.70 bits per heavy atom. The molecule has 5 nitrogen and oxygen atoms in total. The Kier molecular flexibility index (Phi) is 11.0. The minimum Gasteiger partial charge on any atom is -0.483 e. The van der Waals surface area contributed by atoms with Gasteiger partial charge in [0.1, 0.15) is 11.8 Å². The van der Waals surface area contributed by atoms with Gasteiger partial charge in [0.2, 0.25) is 5.91 Å². The molecule has 7 heteroatoms. The highest BCUT2D eigenvalue weighted by atomic mass is 79.9. The molecule has 3 aromatic carbocycles. The number of nitrogens with one attached hydrogen (secondary N) is 1. The predicted octanol–water partition coefficient (Wildman–Crippen LogP) is 6.60. The molecular weight excluding hydrogens is 552 g/mol. The van der Waals surface area contributed by atoms with Gasteiger partial charge >= 0.3 is 0 Å². The lowest BCUT2D eigenvalue weighted by atomic mass is 10.0. The number of hydrogen-bond donors (Lipinski definition) is 1. The number of ether oxygens (including phenoxy) is 1. The SMILES string of the molecule is CCc1ccc(OCC(=O)N(Cc2cccc(Cl)c2)[C@H](Cc2ccccc2)C(=O)N[C@H](C)CC)c(Br)c1. The maximum Gasteiger partial charge on any atom is 0.261 e. The van der Waals surface area contributed by atoms with E-state index in [1.54, 1.807) is 11.0 Å². The van der Waals surface area contributed by atoms with Crippen LogP contribution in [0.25, 0.3) is 0 Å². The Morgan fingerprint density at radius 1 is 0.973 bits per heavy atom. The number of halogens is 2. The normalized spacial score (nSPS) is 12.5. The molecule has 3 rings (SSSR count). The summed E-state index contributed by atoms with van der Waals surface area (Å²) in [5.74, 6) is 0.102. The fraction of sp³-hybridized carbons (Fsp3) is 0.333. The number of carbonyl (C=O) groups excluding carboxylic acids is 2. The van der Waals surface area contributed by atoms with Crippen molar-refractivity contribution in [2.24, 2.45) is 0 Å². The molecule has 3 aromatic rings. The van der Waals surface area contributed by atoms with E-state index in [0.717, 1.165) is 34.0 Å². The van der Waals surface area contributed by atoms with Crippen LogP contribution >= 0.6 is 27.5 Å². The third-order valence-electron chi connectivity index (χ3n) is 6.27. The summed E-state index contributed by atoms with van der Waals surface area (Å²) >= 11 is 9.78. The van der Waals surface area contributed by atoms with Crippen LogP contribution in [-0.4, -0.2) is 35.4 Å². The van der Waals surface area contributed by atoms with Crippen LogP contribution in [0.2, 0.25) is 5.02 Å². The lowest BCUT2D eigenvalue weighted by Crippen LogP contribution is -2.53. The van der Waals surface area contributed by atoms with Gasteiger partial charge in [0.25, 0.3) is 5.91 Å². The number of hydrogen-bond acceptors (Lipinski definition) is 3. The van der Waals surface area contributed by atoms with Crippen LogP contribution in [0.3, 0.4) is 0 Å². The van der Waals surface area contributed by atoms with Gasteiger partial charge in [0.15, 0.2) is 6.61 Å². The van der Waals surface area contributed by atoms with Gasteiger partial charge in [-0.15, -0.1) is 0 Å². The van der Waals surface area contributed by atoms with Crippen LogP contribution in [0.4, 0.5) is 0 Å². The molecule has 0 bridgehead atoms. The van der Waals surface area contributed by atoms with Gasteiger partial charge in [0, 0.05) is 24.0 Å². The zero-order valence-electron chi connectivity index (χ0n) is 21.5. The quantitative estimate of drug-likeness (QED) is 0.261. The molecule has 0 saturated heterocycles. The molecule has 0 aliphatic heterocycles. The molecule has 1 N–H and O–H groups in total. The molecule has 0 aromatic heterocycles. The average molecular weight is 586 g/mol. The van der Waals surface area contributed by atoms with Gasteiger partial charge in [-0.05, 0) is 76.7 Å². The average Bonchev–Trinajstić information content (AvgIpc) is 2.90. The summed E-state index contributed by atoms with van der Waals surface area (Å²) in [5.41, 5.74) is 2.97. The van der Waals surface area contributed by atoms with Crippen LogP contribution in [0.1, 0.15) is 43.9 Å². The molecule has 0 spiro atoms. The highest BCUT2D eigenvalue weighted by molar-refractivity contribution is 9.10. The van der Waals surface area contributed by atoms with Crippen molar-refractivity contribution in [1.29, 1.82) is 0 Å². The first-order chi connectivity index (χ1) is 17.8. The summed E-state index contributed by atoms with van der Waals surface area (Å²) in [6.07, 6.45) is 2.07. The first-order valence-corrected chi connectivity index (χ1v) is 13.8. The minimum absolute atomic E-state index is 0.0156. The van der Waals surface area contributed by atoms with Gasteiger partial charge in [-0.2, -0.15) is 0 Å². The molecule has 2 atom stereocenters. The first-order valence-electron chi connectivity index (χ1n) is 12.6. The molecule has 0 fully saturated rings. The monoisotopic (exact) mass is 584 g/mol. The zero-order valence-corrected chi connectivity index (χ0v) is 23.9. The van der Waals surface area contributed by atoms with Crippen molar-refractivity contribution in [2.75, 3.05) is 6.61 Å². The van der Waals surface area contributed by atoms with Gasteiger partial charge in [-0.1, -0.05) is 74.0 Å². The van der Waals surface area contributed by atoms with E-state index in [1.165, 1.54) is 0 Å². The maximum atomic E-state index is 13.7. The summed E-state index contributed by atoms with van der Waals surface area (Å²) in [6.45, 7) is 6.08. The van der Waals surface area contributed by atoms with Crippen LogP contribution in [0.15, 0.2) is 77.3 Å². The third kappa shape index (κ3) is 8.61. The van der Waals surface area contributed by atoms with Crippen molar-refractivity contribution in [2.45, 2.75) is 58.7 Å². The largest absolute Gasteiger partial charge is 0.483 e. The molecule has 37 heavy (non-hydrogen) atoms. The van der Waals surface area contributed by atoms with E-state index < -0.39 is 6.04 Å². The summed E-state index contributed by atoms with van der Waals surface area (Å²) in [6, 6.07) is 22.2. The molecule has 0 heterocycles. The highest BCUT2D eigenvalue weighted by Crippen LogP contribution is 2.26. The maximum absolute atomic E-state index is 13.7. The first kappa shape index (κ1) is 28.7. The van der Waals surface area contributed by atoms with E-state index >= 15 is 0 Å². The van der Waals surface area contributed by atoms with Crippen LogP contribution in [-0.2, 0) is 29.0 Å². The summed E-state index contributed by atoms with van der Waals surface area (Å²) in [7, 11) is 0. The van der Waals surface area contributed by atoms with E-state index in [-0.39, 0.29) is 31.0 Å². The number of benzene rings is 3. The second kappa shape index (κ2) is 14.2. The van der Waals surface area contributed by atoms with Crippen LogP contribution in [0, 0.1) is 0 Å². The Bertz CT molecular complexity index is 1190. The molecule has 0 aliphatic rings. The zero-order chi connectivity index (χ0) is 26.8. The predicted molar refractivity (Wildman–Crippen MR) is 153 cm³/mol. The molecule has 0 aliphatic carbocycles. The number of aryl methyl sites for hydroxylation is 1. The molecular formula is C30H34BrClN2O3. The highest BCUT2D eigenvalue weighted by Gasteiger charge is 2.31. The van der Waals surface area contributed by atoms with Gasteiger partial charge in [0.05, 0.1) is 4.47 Å². The Labute approximate surface area is 233 Å². The Balaban J connectivity index is 1.92. The lowest BCUT2D eigenvalue weighted by Gasteiger charge is -2.32. The lowest BCUT2D eigenvalue weighted by molar-refractivity contribution is -0.143. The number of carbonyl (C=O) groups is 2. The second-order valence-corrected chi connectivity index (χ2v) is 10.4. The number of rotatable bonds is 12. The summed E-state index contributed by atoms with van der Waals surface area (Å²) in [5, 5.41) is 3.64. The van der Waals surface area contributed by atoms with Crippen molar-refractivity contribution in [3.63, 3.8) is 0 Å². The Hall–Kier alpha value is -2.83. The third-order valence-corrected chi connectivity index (χ3v) is 7.12. The van der Waals surface area contributed by atoms with E-state index in [0.29, 0.717) is 17.2 Å². The fourth-order valence-electron chi connectivity index (χ4n) is 3.93. The molecule has 0 unspecified atom stereocenters. The molecule has 0 radical (unpaired) electrons. The Morgan fingerprint density at radius 3 is 2.35 bits per heavy atom. The van der Waals surface area contributed by atoms with Crippen molar-refractivity contribution in [3.05, 3.63) is 99.0 Å². The summed E-state index contributed by atoms with van der Waals surface area (Å²) < 4.78 is 6.72. The molecule has 0 saturated carbocycles. The topological polar surface area (TPSA) is 58.6 Å². The molecule has 196 valence electrons. The molecule has 2 amide bonds. The van der Waals surface area contributed by atoms with Gasteiger partial charge < -0.3 is 15.0 Å². The standard InChI is InChI=1S/C30H34BrClN2O3/c1-4-21(3)33-30(36)27(18-23-10-7-6-8-11-23)34(19-24-12-9-13-25(32)16-24)29(35)20-37-28-15-14-22(5-2)17-26(28)31/h6-17,21,27H,4-5,18-20H2,1-3H3,(H,33,36)/t21-,27-/m1/s1. The van der Waals surface area contributed by atoms with Crippen molar-refractivity contribution < 1.29 is 14.3 Å². The minimum atomic E-state index is -0.725. The van der Waals surface area contributed by atoms with Crippen molar-refractivity contribution >= 4 is 39.3 Å². The van der Waals surface area contributed by atoms with E-state index in [1.807, 2.05) is 80.6 Å². The van der Waals surface area contributed by atoms with Crippen molar-refractivity contribution in [1.82, 2.24) is 10.2 Å². The van der Waals surface area contributed by atoms with Crippen molar-refractivity contribution in [3.8, 4) is 5.75 Å². The number of nitrogens with zero attached hydrogens (tertiary/aromatic N) is 1. The van der Waals surface area contributed by atoms with E-state index in [2.05, 4.69) is 28.2 Å². The van der Waals surface area contributed by atoms with Crippen LogP contribution < -0.4 is 10.1 Å². The van der Waals surface area contributed by atoms with Gasteiger partial charge in [-0.25, -0.2) is 0 Å². The van der Waals surface area contributed by atoms with Crippen LogP contribution in [0.5, 0.6) is 5.75 Å². The fourth-order valence-corrected chi connectivity index (χ4v) is 4.68.